The first-order valence-corrected chi connectivity index (χ1v) is 8.05. The molecule has 2 aromatic carbocycles. The van der Waals surface area contributed by atoms with Crippen LogP contribution in [0.25, 0.3) is 0 Å². The summed E-state index contributed by atoms with van der Waals surface area (Å²) in [5, 5.41) is 0.618. The van der Waals surface area contributed by atoms with Gasteiger partial charge in [-0.05, 0) is 67.3 Å². The SMILES string of the molecule is COc1ccc(CC(CN)c2cc(C)c(C)cc2OC)cc1Cl. The summed E-state index contributed by atoms with van der Waals surface area (Å²) in [4.78, 5) is 0. The lowest BCUT2D eigenvalue weighted by Gasteiger charge is -2.20. The number of rotatable bonds is 6. The lowest BCUT2D eigenvalue weighted by molar-refractivity contribution is 0.404. The Balaban J connectivity index is 2.33. The number of hydrogen-bond acceptors (Lipinski definition) is 3. The van der Waals surface area contributed by atoms with Crippen LogP contribution in [0.2, 0.25) is 5.02 Å². The number of hydrogen-bond donors (Lipinski definition) is 1. The van der Waals surface area contributed by atoms with E-state index in [-0.39, 0.29) is 5.92 Å². The van der Waals surface area contributed by atoms with Crippen LogP contribution in [0.15, 0.2) is 30.3 Å². The van der Waals surface area contributed by atoms with Gasteiger partial charge in [0.25, 0.3) is 0 Å². The molecule has 0 saturated heterocycles. The second-order valence-electron chi connectivity index (χ2n) is 5.78. The van der Waals surface area contributed by atoms with E-state index in [2.05, 4.69) is 26.0 Å². The number of aryl methyl sites for hydroxylation is 2. The summed E-state index contributed by atoms with van der Waals surface area (Å²) in [5.74, 6) is 1.75. The minimum atomic E-state index is 0.175. The predicted octanol–water partition coefficient (Wildman–Crippen LogP) is 4.26. The molecule has 0 heterocycles. The van der Waals surface area contributed by atoms with E-state index in [4.69, 9.17) is 26.8 Å². The Morgan fingerprint density at radius 2 is 1.65 bits per heavy atom. The highest BCUT2D eigenvalue weighted by Crippen LogP contribution is 2.33. The van der Waals surface area contributed by atoms with E-state index in [1.54, 1.807) is 14.2 Å². The minimum Gasteiger partial charge on any atom is -0.496 e. The van der Waals surface area contributed by atoms with Crippen molar-refractivity contribution >= 4 is 11.6 Å². The van der Waals surface area contributed by atoms with Crippen LogP contribution < -0.4 is 15.2 Å². The molecule has 0 aliphatic carbocycles. The molecule has 0 aliphatic rings. The first-order chi connectivity index (χ1) is 11.0. The Labute approximate surface area is 143 Å². The van der Waals surface area contributed by atoms with Crippen molar-refractivity contribution in [3.8, 4) is 11.5 Å². The summed E-state index contributed by atoms with van der Waals surface area (Å²) >= 11 is 6.23. The van der Waals surface area contributed by atoms with Gasteiger partial charge in [-0.2, -0.15) is 0 Å². The molecule has 1 atom stereocenters. The van der Waals surface area contributed by atoms with Gasteiger partial charge in [0.2, 0.25) is 0 Å². The Morgan fingerprint density at radius 3 is 2.22 bits per heavy atom. The maximum Gasteiger partial charge on any atom is 0.137 e. The third-order valence-corrected chi connectivity index (χ3v) is 4.56. The summed E-state index contributed by atoms with van der Waals surface area (Å²) < 4.78 is 10.8. The van der Waals surface area contributed by atoms with Gasteiger partial charge < -0.3 is 15.2 Å². The first kappa shape index (κ1) is 17.6. The van der Waals surface area contributed by atoms with Gasteiger partial charge in [-0.25, -0.2) is 0 Å². The van der Waals surface area contributed by atoms with E-state index in [9.17, 15) is 0 Å². The molecule has 2 aromatic rings. The average molecular weight is 334 g/mol. The lowest BCUT2D eigenvalue weighted by atomic mass is 9.89. The van der Waals surface area contributed by atoms with Crippen molar-refractivity contribution in [1.29, 1.82) is 0 Å². The van der Waals surface area contributed by atoms with Crippen molar-refractivity contribution in [3.63, 3.8) is 0 Å². The Hall–Kier alpha value is -1.71. The molecule has 2 N–H and O–H groups in total. The van der Waals surface area contributed by atoms with E-state index in [0.29, 0.717) is 17.3 Å². The monoisotopic (exact) mass is 333 g/mol. The Kier molecular flexibility index (Phi) is 5.91. The maximum atomic E-state index is 6.23. The minimum absolute atomic E-state index is 0.175. The number of ether oxygens (including phenoxy) is 2. The van der Waals surface area contributed by atoms with Gasteiger partial charge in [0.05, 0.1) is 19.2 Å². The summed E-state index contributed by atoms with van der Waals surface area (Å²) in [7, 11) is 3.31. The summed E-state index contributed by atoms with van der Waals surface area (Å²) in [6.07, 6.45) is 0.805. The van der Waals surface area contributed by atoms with Crippen LogP contribution >= 0.6 is 11.6 Å². The van der Waals surface area contributed by atoms with Crippen LogP contribution in [0.1, 0.15) is 28.2 Å². The van der Waals surface area contributed by atoms with Gasteiger partial charge in [-0.1, -0.05) is 23.7 Å². The fraction of sp³-hybridized carbons (Fsp3) is 0.368. The highest BCUT2D eigenvalue weighted by molar-refractivity contribution is 6.32. The van der Waals surface area contributed by atoms with Crippen molar-refractivity contribution in [2.75, 3.05) is 20.8 Å². The molecule has 2 rings (SSSR count). The molecule has 0 bridgehead atoms. The molecule has 0 saturated carbocycles. The third-order valence-electron chi connectivity index (χ3n) is 4.27. The van der Waals surface area contributed by atoms with Crippen LogP contribution in [-0.4, -0.2) is 20.8 Å². The normalized spacial score (nSPS) is 12.1. The zero-order valence-electron chi connectivity index (χ0n) is 14.2. The number of methoxy groups -OCH3 is 2. The second kappa shape index (κ2) is 7.71. The first-order valence-electron chi connectivity index (χ1n) is 7.67. The van der Waals surface area contributed by atoms with Crippen LogP contribution in [0, 0.1) is 13.8 Å². The van der Waals surface area contributed by atoms with Gasteiger partial charge in [-0.3, -0.25) is 0 Å². The molecule has 0 amide bonds. The fourth-order valence-corrected chi connectivity index (χ4v) is 3.03. The van der Waals surface area contributed by atoms with E-state index in [0.717, 1.165) is 23.3 Å². The second-order valence-corrected chi connectivity index (χ2v) is 6.19. The topological polar surface area (TPSA) is 44.5 Å². The van der Waals surface area contributed by atoms with Crippen LogP contribution in [-0.2, 0) is 6.42 Å². The smallest absolute Gasteiger partial charge is 0.137 e. The molecule has 0 aromatic heterocycles. The zero-order valence-corrected chi connectivity index (χ0v) is 14.9. The summed E-state index contributed by atoms with van der Waals surface area (Å²) in [5.41, 5.74) is 10.8. The largest absolute Gasteiger partial charge is 0.496 e. The maximum absolute atomic E-state index is 6.23. The molecular formula is C19H24ClNO2. The molecule has 0 aliphatic heterocycles. The Morgan fingerprint density at radius 1 is 1.00 bits per heavy atom. The highest BCUT2D eigenvalue weighted by atomic mass is 35.5. The van der Waals surface area contributed by atoms with Crippen molar-refractivity contribution in [2.24, 2.45) is 5.73 Å². The third kappa shape index (κ3) is 3.98. The zero-order chi connectivity index (χ0) is 17.0. The quantitative estimate of drug-likeness (QED) is 0.859. The van der Waals surface area contributed by atoms with Gasteiger partial charge in [0.15, 0.2) is 0 Å². The van der Waals surface area contributed by atoms with E-state index in [1.807, 2.05) is 18.2 Å². The van der Waals surface area contributed by atoms with E-state index < -0.39 is 0 Å². The molecule has 23 heavy (non-hydrogen) atoms. The van der Waals surface area contributed by atoms with Crippen LogP contribution in [0.5, 0.6) is 11.5 Å². The van der Waals surface area contributed by atoms with Crippen molar-refractivity contribution in [3.05, 3.63) is 57.6 Å². The molecule has 0 fully saturated rings. The predicted molar refractivity (Wildman–Crippen MR) is 96.0 cm³/mol. The summed E-state index contributed by atoms with van der Waals surface area (Å²) in [6.45, 7) is 4.74. The van der Waals surface area contributed by atoms with Crippen LogP contribution in [0.4, 0.5) is 0 Å². The average Bonchev–Trinajstić information content (AvgIpc) is 2.55. The highest BCUT2D eigenvalue weighted by Gasteiger charge is 2.17. The van der Waals surface area contributed by atoms with Crippen LogP contribution in [0.3, 0.4) is 0 Å². The molecule has 1 unspecified atom stereocenters. The van der Waals surface area contributed by atoms with Crippen molar-refractivity contribution in [2.45, 2.75) is 26.2 Å². The molecule has 0 radical (unpaired) electrons. The van der Waals surface area contributed by atoms with Gasteiger partial charge in [-0.15, -0.1) is 0 Å². The Bertz CT molecular complexity index is 685. The van der Waals surface area contributed by atoms with E-state index in [1.165, 1.54) is 11.1 Å². The molecule has 4 heteroatoms. The molecule has 3 nitrogen and oxygen atoms in total. The van der Waals surface area contributed by atoms with Gasteiger partial charge in [0, 0.05) is 5.92 Å². The standard InChI is InChI=1S/C19H24ClNO2/c1-12-7-16(19(23-4)8-13(12)2)15(11-21)9-14-5-6-18(22-3)17(20)10-14/h5-8,10,15H,9,11,21H2,1-4H3. The van der Waals surface area contributed by atoms with Gasteiger partial charge in [0.1, 0.15) is 11.5 Å². The number of nitrogens with two attached hydrogens (primary N) is 1. The van der Waals surface area contributed by atoms with E-state index >= 15 is 0 Å². The van der Waals surface area contributed by atoms with Gasteiger partial charge >= 0.3 is 0 Å². The van der Waals surface area contributed by atoms with Crippen molar-refractivity contribution < 1.29 is 9.47 Å². The lowest BCUT2D eigenvalue weighted by Crippen LogP contribution is -2.16. The summed E-state index contributed by atoms with van der Waals surface area (Å²) in [6, 6.07) is 10.1. The fourth-order valence-electron chi connectivity index (χ4n) is 2.75. The molecular weight excluding hydrogens is 310 g/mol. The number of halogens is 1. The van der Waals surface area contributed by atoms with Crippen molar-refractivity contribution in [1.82, 2.24) is 0 Å². The molecule has 124 valence electrons. The molecule has 0 spiro atoms. The number of benzene rings is 2.